The maximum Gasteiger partial charge on any atom is 0.223 e. The summed E-state index contributed by atoms with van der Waals surface area (Å²) >= 11 is 0. The SMILES string of the molecule is O=C(CC1CC1)NC[C@@]12CCC[C@H]1N(Cc1ccccc1)C(=O)CC2. The minimum atomic E-state index is 0.0852. The van der Waals surface area contributed by atoms with Gasteiger partial charge in [0.2, 0.25) is 11.8 Å². The van der Waals surface area contributed by atoms with Gasteiger partial charge in [-0.25, -0.2) is 0 Å². The van der Waals surface area contributed by atoms with Gasteiger partial charge in [0.1, 0.15) is 0 Å². The summed E-state index contributed by atoms with van der Waals surface area (Å²) in [4.78, 5) is 26.9. The van der Waals surface area contributed by atoms with Crippen LogP contribution in [-0.4, -0.2) is 29.3 Å². The molecule has 1 aromatic carbocycles. The Morgan fingerprint density at radius 2 is 1.96 bits per heavy atom. The second-order valence-electron chi connectivity index (χ2n) is 8.20. The standard InChI is InChI=1S/C21H28N2O2/c24-19(13-16-8-9-16)22-15-21-11-4-7-18(21)23(20(25)10-12-21)14-17-5-2-1-3-6-17/h1-3,5-6,16,18H,4,7-15H2,(H,22,24)/t18-,21+/m1/s1. The van der Waals surface area contributed by atoms with Crippen LogP contribution in [0.4, 0.5) is 0 Å². The van der Waals surface area contributed by atoms with Gasteiger partial charge < -0.3 is 10.2 Å². The van der Waals surface area contributed by atoms with E-state index in [-0.39, 0.29) is 23.3 Å². The fraction of sp³-hybridized carbons (Fsp3) is 0.619. The summed E-state index contributed by atoms with van der Waals surface area (Å²) in [6, 6.07) is 10.5. The number of carbonyl (C=O) groups excluding carboxylic acids is 2. The summed E-state index contributed by atoms with van der Waals surface area (Å²) in [5, 5.41) is 3.21. The van der Waals surface area contributed by atoms with E-state index in [0.717, 1.165) is 32.2 Å². The molecule has 1 heterocycles. The number of nitrogens with one attached hydrogen (secondary N) is 1. The van der Waals surface area contributed by atoms with Crippen molar-refractivity contribution in [3.8, 4) is 0 Å². The molecule has 0 bridgehead atoms. The number of benzene rings is 1. The third-order valence-corrected chi connectivity index (χ3v) is 6.40. The Morgan fingerprint density at radius 1 is 1.16 bits per heavy atom. The molecule has 2 aliphatic carbocycles. The van der Waals surface area contributed by atoms with Gasteiger partial charge in [-0.05, 0) is 43.6 Å². The van der Waals surface area contributed by atoms with Gasteiger partial charge in [0.25, 0.3) is 0 Å². The first-order valence-corrected chi connectivity index (χ1v) is 9.76. The van der Waals surface area contributed by atoms with Crippen LogP contribution in [0.3, 0.4) is 0 Å². The molecule has 2 amide bonds. The molecule has 0 radical (unpaired) electrons. The number of piperidine rings is 1. The summed E-state index contributed by atoms with van der Waals surface area (Å²) in [7, 11) is 0. The van der Waals surface area contributed by atoms with Crippen molar-refractivity contribution >= 4 is 11.8 Å². The highest BCUT2D eigenvalue weighted by molar-refractivity contribution is 5.78. The van der Waals surface area contributed by atoms with Crippen molar-refractivity contribution in [3.05, 3.63) is 35.9 Å². The zero-order valence-electron chi connectivity index (χ0n) is 14.9. The Hall–Kier alpha value is -1.84. The normalized spacial score (nSPS) is 28.7. The number of likely N-dealkylation sites (tertiary alicyclic amines) is 1. The molecule has 4 nitrogen and oxygen atoms in total. The Labute approximate surface area is 150 Å². The van der Waals surface area contributed by atoms with Crippen molar-refractivity contribution < 1.29 is 9.59 Å². The highest BCUT2D eigenvalue weighted by Gasteiger charge is 2.50. The molecule has 3 fully saturated rings. The van der Waals surface area contributed by atoms with Gasteiger partial charge >= 0.3 is 0 Å². The third kappa shape index (κ3) is 3.58. The maximum atomic E-state index is 12.6. The van der Waals surface area contributed by atoms with Gasteiger partial charge in [0, 0.05) is 37.4 Å². The van der Waals surface area contributed by atoms with Crippen LogP contribution in [0.5, 0.6) is 0 Å². The van der Waals surface area contributed by atoms with Crippen LogP contribution in [-0.2, 0) is 16.1 Å². The molecule has 0 aromatic heterocycles. The van der Waals surface area contributed by atoms with Gasteiger partial charge in [-0.15, -0.1) is 0 Å². The van der Waals surface area contributed by atoms with Gasteiger partial charge in [0.05, 0.1) is 0 Å². The molecule has 2 saturated carbocycles. The van der Waals surface area contributed by atoms with E-state index in [1.54, 1.807) is 0 Å². The summed E-state index contributed by atoms with van der Waals surface area (Å²) < 4.78 is 0. The Morgan fingerprint density at radius 3 is 2.72 bits per heavy atom. The molecule has 1 aromatic rings. The Bertz CT molecular complexity index is 641. The van der Waals surface area contributed by atoms with Gasteiger partial charge in [-0.2, -0.15) is 0 Å². The van der Waals surface area contributed by atoms with Gasteiger partial charge in [-0.3, -0.25) is 9.59 Å². The van der Waals surface area contributed by atoms with Crippen molar-refractivity contribution in [2.75, 3.05) is 6.54 Å². The minimum Gasteiger partial charge on any atom is -0.355 e. The van der Waals surface area contributed by atoms with E-state index < -0.39 is 0 Å². The molecule has 1 saturated heterocycles. The lowest BCUT2D eigenvalue weighted by atomic mass is 9.74. The highest BCUT2D eigenvalue weighted by atomic mass is 16.2. The summed E-state index contributed by atoms with van der Waals surface area (Å²) in [5.41, 5.74) is 1.28. The average molecular weight is 340 g/mol. The number of nitrogens with zero attached hydrogens (tertiary/aromatic N) is 1. The number of fused-ring (bicyclic) bond motifs is 1. The predicted molar refractivity (Wildman–Crippen MR) is 96.6 cm³/mol. The largest absolute Gasteiger partial charge is 0.355 e. The van der Waals surface area contributed by atoms with E-state index in [1.807, 2.05) is 18.2 Å². The van der Waals surface area contributed by atoms with Gasteiger partial charge in [-0.1, -0.05) is 36.8 Å². The number of carbonyl (C=O) groups is 2. The molecule has 0 spiro atoms. The minimum absolute atomic E-state index is 0.0852. The highest BCUT2D eigenvalue weighted by Crippen LogP contribution is 2.48. The number of rotatable bonds is 6. The molecule has 1 N–H and O–H groups in total. The van der Waals surface area contributed by atoms with Crippen molar-refractivity contribution in [2.24, 2.45) is 11.3 Å². The maximum absolute atomic E-state index is 12.6. The smallest absolute Gasteiger partial charge is 0.223 e. The van der Waals surface area contributed by atoms with Crippen molar-refractivity contribution in [1.29, 1.82) is 0 Å². The molecule has 4 rings (SSSR count). The molecular formula is C21H28N2O2. The first kappa shape index (κ1) is 16.6. The molecule has 0 unspecified atom stereocenters. The van der Waals surface area contributed by atoms with Gasteiger partial charge in [0.15, 0.2) is 0 Å². The van der Waals surface area contributed by atoms with E-state index in [4.69, 9.17) is 0 Å². The van der Waals surface area contributed by atoms with E-state index in [9.17, 15) is 9.59 Å². The molecule has 4 heteroatoms. The van der Waals surface area contributed by atoms with Crippen molar-refractivity contribution in [2.45, 2.75) is 64.0 Å². The number of hydrogen-bond donors (Lipinski definition) is 1. The monoisotopic (exact) mass is 340 g/mol. The first-order chi connectivity index (χ1) is 12.2. The Kier molecular flexibility index (Phi) is 4.53. The fourth-order valence-corrected chi connectivity index (χ4v) is 4.78. The lowest BCUT2D eigenvalue weighted by Gasteiger charge is -2.46. The summed E-state index contributed by atoms with van der Waals surface area (Å²) in [6.45, 7) is 1.43. The van der Waals surface area contributed by atoms with Crippen LogP contribution in [0.1, 0.15) is 56.9 Å². The summed E-state index contributed by atoms with van der Waals surface area (Å²) in [6.07, 6.45) is 7.99. The molecule has 3 aliphatic rings. The number of amides is 2. The quantitative estimate of drug-likeness (QED) is 0.864. The van der Waals surface area contributed by atoms with Crippen LogP contribution in [0.15, 0.2) is 30.3 Å². The molecule has 1 aliphatic heterocycles. The average Bonchev–Trinajstić information content (AvgIpc) is 3.33. The van der Waals surface area contributed by atoms with Crippen LogP contribution >= 0.6 is 0 Å². The summed E-state index contributed by atoms with van der Waals surface area (Å²) in [5.74, 6) is 1.10. The van der Waals surface area contributed by atoms with Crippen LogP contribution in [0.2, 0.25) is 0 Å². The molecule has 2 atom stereocenters. The lowest BCUT2D eigenvalue weighted by Crippen LogP contribution is -2.55. The second kappa shape index (κ2) is 6.81. The van der Waals surface area contributed by atoms with E-state index in [0.29, 0.717) is 25.3 Å². The molecule has 25 heavy (non-hydrogen) atoms. The topological polar surface area (TPSA) is 49.4 Å². The number of hydrogen-bond acceptors (Lipinski definition) is 2. The third-order valence-electron chi connectivity index (χ3n) is 6.40. The van der Waals surface area contributed by atoms with Crippen LogP contribution < -0.4 is 5.32 Å². The van der Waals surface area contributed by atoms with Crippen LogP contribution in [0, 0.1) is 11.3 Å². The lowest BCUT2D eigenvalue weighted by molar-refractivity contribution is -0.142. The zero-order valence-corrected chi connectivity index (χ0v) is 14.9. The van der Waals surface area contributed by atoms with Crippen molar-refractivity contribution in [3.63, 3.8) is 0 Å². The van der Waals surface area contributed by atoms with Crippen LogP contribution in [0.25, 0.3) is 0 Å². The van der Waals surface area contributed by atoms with Crippen molar-refractivity contribution in [1.82, 2.24) is 10.2 Å². The van der Waals surface area contributed by atoms with E-state index in [2.05, 4.69) is 22.3 Å². The zero-order chi connectivity index (χ0) is 17.3. The van der Waals surface area contributed by atoms with E-state index >= 15 is 0 Å². The molecular weight excluding hydrogens is 312 g/mol. The first-order valence-electron chi connectivity index (χ1n) is 9.76. The fourth-order valence-electron chi connectivity index (χ4n) is 4.78. The predicted octanol–water partition coefficient (Wildman–Crippen LogP) is 3.26. The second-order valence-corrected chi connectivity index (χ2v) is 8.20. The van der Waals surface area contributed by atoms with E-state index in [1.165, 1.54) is 18.4 Å². The molecule has 134 valence electrons. The Balaban J connectivity index is 1.45.